The number of rotatable bonds is 6. The number of ether oxygens (including phenoxy) is 2. The van der Waals surface area contributed by atoms with E-state index < -0.39 is 16.0 Å². The topological polar surface area (TPSA) is 131 Å². The van der Waals surface area contributed by atoms with Crippen LogP contribution < -0.4 is 5.32 Å². The van der Waals surface area contributed by atoms with Gasteiger partial charge in [0.25, 0.3) is 5.91 Å². The van der Waals surface area contributed by atoms with Gasteiger partial charge in [0.15, 0.2) is 0 Å². The molecule has 1 N–H and O–H groups in total. The van der Waals surface area contributed by atoms with Crippen molar-refractivity contribution in [3.8, 4) is 0 Å². The summed E-state index contributed by atoms with van der Waals surface area (Å²) >= 11 is 0. The summed E-state index contributed by atoms with van der Waals surface area (Å²) in [6.45, 7) is 2.06. The van der Waals surface area contributed by atoms with E-state index in [4.69, 9.17) is 13.9 Å². The molecule has 2 fully saturated rings. The third kappa shape index (κ3) is 5.02. The number of anilines is 1. The molecule has 1 amide bonds. The summed E-state index contributed by atoms with van der Waals surface area (Å²) < 4.78 is 43.0. The van der Waals surface area contributed by atoms with E-state index in [1.165, 1.54) is 36.2 Å². The zero-order valence-electron chi connectivity index (χ0n) is 18.2. The number of furan rings is 1. The van der Waals surface area contributed by atoms with Gasteiger partial charge in [0.05, 0.1) is 37.7 Å². The lowest BCUT2D eigenvalue weighted by atomic mass is 10.0. The van der Waals surface area contributed by atoms with Crippen LogP contribution in [0.25, 0.3) is 0 Å². The number of sulfonamides is 1. The van der Waals surface area contributed by atoms with Crippen LogP contribution in [0.2, 0.25) is 0 Å². The summed E-state index contributed by atoms with van der Waals surface area (Å²) in [4.78, 5) is 30.4. The average Bonchev–Trinajstić information content (AvgIpc) is 3.39. The van der Waals surface area contributed by atoms with E-state index in [2.05, 4.69) is 10.3 Å². The second-order valence-electron chi connectivity index (χ2n) is 7.80. The van der Waals surface area contributed by atoms with Crippen molar-refractivity contribution in [2.24, 2.45) is 0 Å². The lowest BCUT2D eigenvalue weighted by Gasteiger charge is -2.33. The number of hydrogen-bond acceptors (Lipinski definition) is 9. The van der Waals surface area contributed by atoms with Gasteiger partial charge in [0, 0.05) is 38.4 Å². The minimum Gasteiger partial charge on any atom is -0.472 e. The number of hydrogen-bond donors (Lipinski definition) is 1. The number of piperidine rings is 1. The van der Waals surface area contributed by atoms with Crippen LogP contribution in [-0.4, -0.2) is 87.0 Å². The van der Waals surface area contributed by atoms with Gasteiger partial charge in [0.2, 0.25) is 10.0 Å². The molecule has 33 heavy (non-hydrogen) atoms. The van der Waals surface area contributed by atoms with Crippen molar-refractivity contribution >= 4 is 27.7 Å². The second-order valence-corrected chi connectivity index (χ2v) is 9.71. The molecular weight excluding hydrogens is 452 g/mol. The Bertz CT molecular complexity index is 1090. The van der Waals surface area contributed by atoms with Crippen molar-refractivity contribution in [3.05, 3.63) is 42.0 Å². The molecule has 2 aliphatic heterocycles. The van der Waals surface area contributed by atoms with Gasteiger partial charge in [-0.15, -0.1) is 0 Å². The number of pyridine rings is 1. The van der Waals surface area contributed by atoms with Crippen molar-refractivity contribution in [1.29, 1.82) is 0 Å². The number of amides is 1. The van der Waals surface area contributed by atoms with Crippen molar-refractivity contribution in [2.45, 2.75) is 23.8 Å². The summed E-state index contributed by atoms with van der Waals surface area (Å²) in [5, 5.41) is 3.22. The third-order valence-electron chi connectivity index (χ3n) is 5.75. The molecule has 0 unspecified atom stereocenters. The zero-order valence-corrected chi connectivity index (χ0v) is 19.0. The first-order chi connectivity index (χ1) is 15.9. The Morgan fingerprint density at radius 2 is 1.88 bits per heavy atom. The van der Waals surface area contributed by atoms with Gasteiger partial charge >= 0.3 is 5.97 Å². The molecule has 178 valence electrons. The molecule has 2 saturated heterocycles. The number of esters is 1. The number of morpholine rings is 1. The molecule has 11 nitrogen and oxygen atoms in total. The quantitative estimate of drug-likeness (QED) is 0.608. The highest BCUT2D eigenvalue weighted by Crippen LogP contribution is 2.27. The number of likely N-dealkylation sites (tertiary alicyclic amines) is 1. The molecule has 12 heteroatoms. The van der Waals surface area contributed by atoms with E-state index in [1.54, 1.807) is 11.0 Å². The van der Waals surface area contributed by atoms with Gasteiger partial charge < -0.3 is 24.1 Å². The fourth-order valence-corrected chi connectivity index (χ4v) is 5.43. The van der Waals surface area contributed by atoms with Crippen molar-refractivity contribution in [2.75, 3.05) is 51.8 Å². The average molecular weight is 479 g/mol. The minimum atomic E-state index is -3.92. The van der Waals surface area contributed by atoms with Crippen LogP contribution in [-0.2, 0) is 19.5 Å². The Kier molecular flexibility index (Phi) is 6.96. The number of nitrogens with one attached hydrogen (secondary N) is 1. The molecular formula is C21H26N4O7S. The van der Waals surface area contributed by atoms with Crippen LogP contribution in [0.1, 0.15) is 33.6 Å². The van der Waals surface area contributed by atoms with Crippen molar-refractivity contribution in [3.63, 3.8) is 0 Å². The molecule has 0 saturated carbocycles. The number of aromatic nitrogens is 1. The third-order valence-corrected chi connectivity index (χ3v) is 7.66. The fraction of sp³-hybridized carbons (Fsp3) is 0.476. The standard InChI is InChI=1S/C21H26N4O7S/c1-30-21(27)16-12-18(33(28,29)25-7-10-31-11-8-25)19(22-13-16)23-17-2-5-24(6-3-17)20(26)15-4-9-32-14-15/h4,9,12-14,17H,2-3,5-8,10-11H2,1H3,(H,22,23). The Labute approximate surface area is 191 Å². The Hall–Kier alpha value is -2.96. The Balaban J connectivity index is 1.52. The summed E-state index contributed by atoms with van der Waals surface area (Å²) in [5.74, 6) is -0.592. The monoisotopic (exact) mass is 478 g/mol. The smallest absolute Gasteiger partial charge is 0.339 e. The second kappa shape index (κ2) is 9.89. The van der Waals surface area contributed by atoms with Gasteiger partial charge in [-0.3, -0.25) is 4.79 Å². The SMILES string of the molecule is COC(=O)c1cnc(NC2CCN(C(=O)c3ccoc3)CC2)c(S(=O)(=O)N2CCOCC2)c1. The first-order valence-corrected chi connectivity index (χ1v) is 12.1. The predicted molar refractivity (Wildman–Crippen MR) is 116 cm³/mol. The van der Waals surface area contributed by atoms with Gasteiger partial charge in [-0.05, 0) is 25.0 Å². The fourth-order valence-electron chi connectivity index (χ4n) is 3.89. The maximum absolute atomic E-state index is 13.4. The van der Waals surface area contributed by atoms with E-state index in [0.29, 0.717) is 44.7 Å². The van der Waals surface area contributed by atoms with E-state index in [9.17, 15) is 18.0 Å². The number of methoxy groups -OCH3 is 1. The van der Waals surface area contributed by atoms with E-state index in [1.807, 2.05) is 0 Å². The number of nitrogens with zero attached hydrogens (tertiary/aromatic N) is 3. The highest BCUT2D eigenvalue weighted by Gasteiger charge is 2.32. The van der Waals surface area contributed by atoms with Crippen LogP contribution in [0.5, 0.6) is 0 Å². The minimum absolute atomic E-state index is 0.0513. The molecule has 0 bridgehead atoms. The molecule has 2 aliphatic rings. The summed E-state index contributed by atoms with van der Waals surface area (Å²) in [6.07, 6.45) is 5.40. The predicted octanol–water partition coefficient (Wildman–Crippen LogP) is 1.20. The molecule has 4 heterocycles. The first kappa shape index (κ1) is 23.2. The van der Waals surface area contributed by atoms with Crippen molar-refractivity contribution < 1.29 is 31.9 Å². The van der Waals surface area contributed by atoms with Crippen molar-refractivity contribution in [1.82, 2.24) is 14.2 Å². The zero-order chi connectivity index (χ0) is 23.4. The van der Waals surface area contributed by atoms with Crippen LogP contribution >= 0.6 is 0 Å². The molecule has 0 atom stereocenters. The Morgan fingerprint density at radius 3 is 2.52 bits per heavy atom. The first-order valence-electron chi connectivity index (χ1n) is 10.6. The van der Waals surface area contributed by atoms with Gasteiger partial charge in [0.1, 0.15) is 17.0 Å². The maximum Gasteiger partial charge on any atom is 0.339 e. The van der Waals surface area contributed by atoms with E-state index in [-0.39, 0.29) is 41.3 Å². The molecule has 2 aromatic rings. The lowest BCUT2D eigenvalue weighted by Crippen LogP contribution is -2.43. The highest BCUT2D eigenvalue weighted by molar-refractivity contribution is 7.89. The number of carbonyl (C=O) groups excluding carboxylic acids is 2. The molecule has 0 radical (unpaired) electrons. The van der Waals surface area contributed by atoms with Gasteiger partial charge in [-0.2, -0.15) is 4.31 Å². The van der Waals surface area contributed by atoms with Gasteiger partial charge in [-0.25, -0.2) is 18.2 Å². The van der Waals surface area contributed by atoms with Crippen LogP contribution in [0.15, 0.2) is 40.2 Å². The highest BCUT2D eigenvalue weighted by atomic mass is 32.2. The van der Waals surface area contributed by atoms with E-state index in [0.717, 1.165) is 0 Å². The summed E-state index contributed by atoms with van der Waals surface area (Å²) in [6, 6.07) is 2.83. The summed E-state index contributed by atoms with van der Waals surface area (Å²) in [7, 11) is -2.69. The van der Waals surface area contributed by atoms with Crippen LogP contribution in [0, 0.1) is 0 Å². The van der Waals surface area contributed by atoms with Gasteiger partial charge in [-0.1, -0.05) is 0 Å². The van der Waals surface area contributed by atoms with Crippen LogP contribution in [0.4, 0.5) is 5.82 Å². The largest absolute Gasteiger partial charge is 0.472 e. The lowest BCUT2D eigenvalue weighted by molar-refractivity contribution is 0.0599. The summed E-state index contributed by atoms with van der Waals surface area (Å²) in [5.41, 5.74) is 0.552. The molecule has 0 spiro atoms. The van der Waals surface area contributed by atoms with E-state index >= 15 is 0 Å². The molecule has 2 aromatic heterocycles. The normalized spacial score (nSPS) is 18.2. The molecule has 0 aromatic carbocycles. The Morgan fingerprint density at radius 1 is 1.15 bits per heavy atom. The number of carbonyl (C=O) groups is 2. The van der Waals surface area contributed by atoms with Crippen LogP contribution in [0.3, 0.4) is 0 Å². The molecule has 0 aliphatic carbocycles. The maximum atomic E-state index is 13.4. The molecule has 4 rings (SSSR count).